The number of aliphatic hydroxyl groups excluding tert-OH is 1. The highest BCUT2D eigenvalue weighted by Gasteiger charge is 2.10. The van der Waals surface area contributed by atoms with Gasteiger partial charge in [-0.15, -0.1) is 0 Å². The number of esters is 1. The number of benzene rings is 1. The van der Waals surface area contributed by atoms with Gasteiger partial charge >= 0.3 is 5.97 Å². The molecule has 0 unspecified atom stereocenters. The number of rotatable bonds is 5. The van der Waals surface area contributed by atoms with Gasteiger partial charge in [0.2, 0.25) is 0 Å². The zero-order valence-corrected chi connectivity index (χ0v) is 9.01. The normalized spacial score (nSPS) is 11.0. The molecule has 0 bridgehead atoms. The Hall–Kier alpha value is -1.88. The lowest BCUT2D eigenvalue weighted by Gasteiger charge is -2.04. The highest BCUT2D eigenvalue weighted by Crippen LogP contribution is 2.04. The van der Waals surface area contributed by atoms with Crippen molar-refractivity contribution in [1.29, 1.82) is 0 Å². The molecule has 0 heterocycles. The number of carbonyl (C=O) groups excluding carboxylic acids is 1. The molecule has 86 valence electrons. The van der Waals surface area contributed by atoms with Gasteiger partial charge in [0.05, 0.1) is 18.9 Å². The molecule has 0 saturated carbocycles. The number of hydrogen-bond acceptors (Lipinski definition) is 5. The number of hydrazone groups is 1. The van der Waals surface area contributed by atoms with Crippen molar-refractivity contribution in [1.82, 2.24) is 0 Å². The summed E-state index contributed by atoms with van der Waals surface area (Å²) in [6, 6.07) is 9.13. The van der Waals surface area contributed by atoms with Crippen molar-refractivity contribution in [2.24, 2.45) is 5.10 Å². The molecule has 0 aliphatic rings. The maximum absolute atomic E-state index is 11.2. The summed E-state index contributed by atoms with van der Waals surface area (Å²) in [6.07, 6.45) is 0. The molecule has 0 amide bonds. The van der Waals surface area contributed by atoms with Gasteiger partial charge in [0.1, 0.15) is 0 Å². The summed E-state index contributed by atoms with van der Waals surface area (Å²) in [5.41, 5.74) is 3.35. The summed E-state index contributed by atoms with van der Waals surface area (Å²) in [4.78, 5) is 11.2. The van der Waals surface area contributed by atoms with E-state index in [-0.39, 0.29) is 12.3 Å². The van der Waals surface area contributed by atoms with Crippen LogP contribution in [0.25, 0.3) is 0 Å². The molecule has 1 aromatic rings. The molecule has 0 aliphatic heterocycles. The molecular weight excluding hydrogens is 208 g/mol. The summed E-state index contributed by atoms with van der Waals surface area (Å²) < 4.78 is 4.71. The highest BCUT2D eigenvalue weighted by molar-refractivity contribution is 6.37. The summed E-state index contributed by atoms with van der Waals surface area (Å²) in [5, 5.41) is 12.7. The van der Waals surface area contributed by atoms with Gasteiger partial charge < -0.3 is 9.84 Å². The van der Waals surface area contributed by atoms with Gasteiger partial charge in [0.15, 0.2) is 5.71 Å². The first-order valence-corrected chi connectivity index (χ1v) is 4.93. The van der Waals surface area contributed by atoms with Crippen molar-refractivity contribution in [3.8, 4) is 0 Å². The average molecular weight is 222 g/mol. The molecule has 16 heavy (non-hydrogen) atoms. The number of anilines is 1. The van der Waals surface area contributed by atoms with Crippen molar-refractivity contribution >= 4 is 17.4 Å². The van der Waals surface area contributed by atoms with Crippen molar-refractivity contribution in [2.45, 2.75) is 6.92 Å². The minimum Gasteiger partial charge on any atom is -0.461 e. The van der Waals surface area contributed by atoms with Gasteiger partial charge in [-0.3, -0.25) is 5.43 Å². The quantitative estimate of drug-likeness (QED) is 0.443. The van der Waals surface area contributed by atoms with Crippen molar-refractivity contribution in [2.75, 3.05) is 18.6 Å². The van der Waals surface area contributed by atoms with E-state index in [0.29, 0.717) is 0 Å². The van der Waals surface area contributed by atoms with Gasteiger partial charge in [0, 0.05) is 0 Å². The number of nitrogens with one attached hydrogen (secondary N) is 1. The van der Waals surface area contributed by atoms with E-state index in [2.05, 4.69) is 10.5 Å². The Morgan fingerprint density at radius 1 is 1.44 bits per heavy atom. The van der Waals surface area contributed by atoms with Crippen LogP contribution in [-0.2, 0) is 9.53 Å². The van der Waals surface area contributed by atoms with Crippen LogP contribution in [0.15, 0.2) is 35.4 Å². The fourth-order valence-electron chi connectivity index (χ4n) is 1.00. The van der Waals surface area contributed by atoms with Crippen LogP contribution in [0.2, 0.25) is 0 Å². The van der Waals surface area contributed by atoms with E-state index in [4.69, 9.17) is 9.84 Å². The number of carbonyl (C=O) groups is 1. The molecule has 0 spiro atoms. The highest BCUT2D eigenvalue weighted by atomic mass is 16.5. The van der Waals surface area contributed by atoms with Crippen LogP contribution < -0.4 is 5.43 Å². The first kappa shape index (κ1) is 12.2. The van der Waals surface area contributed by atoms with Crippen LogP contribution in [-0.4, -0.2) is 30.0 Å². The number of para-hydroxylation sites is 1. The Morgan fingerprint density at radius 2 is 2.12 bits per heavy atom. The lowest BCUT2D eigenvalue weighted by atomic mass is 10.3. The summed E-state index contributed by atoms with van der Waals surface area (Å²) in [6.45, 7) is 1.49. The second-order valence-electron chi connectivity index (χ2n) is 2.91. The fraction of sp³-hybridized carbons (Fsp3) is 0.273. The second-order valence-corrected chi connectivity index (χ2v) is 2.91. The Labute approximate surface area is 93.7 Å². The number of aliphatic hydroxyl groups is 1. The third kappa shape index (κ3) is 3.70. The first-order valence-electron chi connectivity index (χ1n) is 4.93. The van der Waals surface area contributed by atoms with Crippen LogP contribution in [0.3, 0.4) is 0 Å². The predicted molar refractivity (Wildman–Crippen MR) is 61.2 cm³/mol. The smallest absolute Gasteiger partial charge is 0.356 e. The van der Waals surface area contributed by atoms with Crippen molar-refractivity contribution in [3.63, 3.8) is 0 Å². The summed E-state index contributed by atoms with van der Waals surface area (Å²) in [5.74, 6) is -0.617. The van der Waals surface area contributed by atoms with Gasteiger partial charge in [-0.05, 0) is 19.1 Å². The van der Waals surface area contributed by atoms with Crippen LogP contribution in [0.5, 0.6) is 0 Å². The molecule has 0 saturated heterocycles. The first-order chi connectivity index (χ1) is 7.77. The molecule has 1 aromatic carbocycles. The number of ether oxygens (including phenoxy) is 1. The third-order valence-corrected chi connectivity index (χ3v) is 1.75. The van der Waals surface area contributed by atoms with E-state index in [1.807, 2.05) is 18.2 Å². The number of hydrogen-bond donors (Lipinski definition) is 2. The van der Waals surface area contributed by atoms with E-state index in [1.54, 1.807) is 19.1 Å². The molecule has 5 nitrogen and oxygen atoms in total. The standard InChI is InChI=1S/C11H14N2O3/c1-2-16-11(15)10(8-14)13-12-9-6-4-3-5-7-9/h3-7,12,14H,2,8H2,1H3/b13-10+. The topological polar surface area (TPSA) is 70.9 Å². The van der Waals surface area contributed by atoms with Crippen LogP contribution in [0.4, 0.5) is 5.69 Å². The number of nitrogens with zero attached hydrogens (tertiary/aromatic N) is 1. The molecular formula is C11H14N2O3. The van der Waals surface area contributed by atoms with Crippen molar-refractivity contribution < 1.29 is 14.6 Å². The van der Waals surface area contributed by atoms with Gasteiger partial charge in [-0.25, -0.2) is 4.79 Å². The monoisotopic (exact) mass is 222 g/mol. The maximum Gasteiger partial charge on any atom is 0.356 e. The zero-order chi connectivity index (χ0) is 11.8. The minimum absolute atomic E-state index is 0.0503. The Kier molecular flexibility index (Phi) is 5.01. The molecule has 0 aromatic heterocycles. The van der Waals surface area contributed by atoms with Gasteiger partial charge in [-0.1, -0.05) is 18.2 Å². The van der Waals surface area contributed by atoms with E-state index in [1.165, 1.54) is 0 Å². The van der Waals surface area contributed by atoms with Crippen molar-refractivity contribution in [3.05, 3.63) is 30.3 Å². The third-order valence-electron chi connectivity index (χ3n) is 1.75. The minimum atomic E-state index is -0.617. The van der Waals surface area contributed by atoms with Crippen LogP contribution in [0, 0.1) is 0 Å². The molecule has 0 fully saturated rings. The SMILES string of the molecule is CCOC(=O)/C(CO)=N/Nc1ccccc1. The molecule has 0 atom stereocenters. The lowest BCUT2D eigenvalue weighted by Crippen LogP contribution is -2.22. The maximum atomic E-state index is 11.2. The average Bonchev–Trinajstić information content (AvgIpc) is 2.31. The van der Waals surface area contributed by atoms with E-state index >= 15 is 0 Å². The van der Waals surface area contributed by atoms with E-state index in [9.17, 15) is 4.79 Å². The molecule has 1 rings (SSSR count). The summed E-state index contributed by atoms with van der Waals surface area (Å²) >= 11 is 0. The van der Waals surface area contributed by atoms with Gasteiger partial charge in [-0.2, -0.15) is 5.10 Å². The molecule has 0 radical (unpaired) electrons. The second kappa shape index (κ2) is 6.58. The fourth-order valence-corrected chi connectivity index (χ4v) is 1.00. The Balaban J connectivity index is 2.63. The Morgan fingerprint density at radius 3 is 2.69 bits per heavy atom. The molecule has 2 N–H and O–H groups in total. The largest absolute Gasteiger partial charge is 0.461 e. The van der Waals surface area contributed by atoms with Crippen LogP contribution >= 0.6 is 0 Å². The molecule has 5 heteroatoms. The predicted octanol–water partition coefficient (Wildman–Crippen LogP) is 1.01. The van der Waals surface area contributed by atoms with E-state index in [0.717, 1.165) is 5.69 Å². The molecule has 0 aliphatic carbocycles. The Bertz CT molecular complexity index is 363. The van der Waals surface area contributed by atoms with Crippen LogP contribution in [0.1, 0.15) is 6.92 Å². The van der Waals surface area contributed by atoms with E-state index < -0.39 is 12.6 Å². The lowest BCUT2D eigenvalue weighted by molar-refractivity contribution is -0.135. The zero-order valence-electron chi connectivity index (χ0n) is 9.01. The summed E-state index contributed by atoms with van der Waals surface area (Å²) in [7, 11) is 0. The van der Waals surface area contributed by atoms with Gasteiger partial charge in [0.25, 0.3) is 0 Å².